The van der Waals surface area contributed by atoms with Gasteiger partial charge in [0.25, 0.3) is 0 Å². The van der Waals surface area contributed by atoms with Crippen molar-refractivity contribution in [1.29, 1.82) is 0 Å². The molecule has 0 saturated carbocycles. The van der Waals surface area contributed by atoms with E-state index in [4.69, 9.17) is 0 Å². The van der Waals surface area contributed by atoms with Crippen molar-refractivity contribution < 1.29 is 5.11 Å². The normalized spacial score (nSPS) is 15.9. The van der Waals surface area contributed by atoms with Crippen LogP contribution in [0, 0.1) is 0 Å². The molecule has 3 rings (SSSR count). The van der Waals surface area contributed by atoms with E-state index in [2.05, 4.69) is 48.5 Å². The minimum Gasteiger partial charge on any atom is -0.392 e. The van der Waals surface area contributed by atoms with E-state index >= 15 is 0 Å². The second-order valence-electron chi connectivity index (χ2n) is 5.03. The van der Waals surface area contributed by atoms with Crippen molar-refractivity contribution in [1.82, 2.24) is 0 Å². The first kappa shape index (κ1) is 11.5. The number of benzene rings is 2. The number of hydrogen-bond donors (Lipinski definition) is 1. The summed E-state index contributed by atoms with van der Waals surface area (Å²) in [5.41, 5.74) is 5.30. The van der Waals surface area contributed by atoms with E-state index in [-0.39, 0.29) is 12.0 Å². The quantitative estimate of drug-likeness (QED) is 0.849. The molecular weight excluding hydrogens is 220 g/mol. The predicted molar refractivity (Wildman–Crippen MR) is 73.8 cm³/mol. The first-order chi connectivity index (χ1) is 8.81. The van der Waals surface area contributed by atoms with Crippen LogP contribution in [-0.2, 0) is 6.42 Å². The maximum Gasteiger partial charge on any atom is 0.0646 e. The summed E-state index contributed by atoms with van der Waals surface area (Å²) in [6.45, 7) is 2.05. The zero-order chi connectivity index (χ0) is 12.5. The van der Waals surface area contributed by atoms with Crippen molar-refractivity contribution in [2.45, 2.75) is 31.8 Å². The van der Waals surface area contributed by atoms with Crippen molar-refractivity contribution >= 4 is 0 Å². The second kappa shape index (κ2) is 4.58. The third kappa shape index (κ3) is 1.75. The van der Waals surface area contributed by atoms with Gasteiger partial charge in [0.2, 0.25) is 0 Å². The van der Waals surface area contributed by atoms with Crippen LogP contribution in [0.1, 0.15) is 41.5 Å². The Bertz CT molecular complexity index is 514. The van der Waals surface area contributed by atoms with Gasteiger partial charge in [-0.15, -0.1) is 0 Å². The molecular formula is C17H18O. The largest absolute Gasteiger partial charge is 0.392 e. The van der Waals surface area contributed by atoms with Crippen LogP contribution in [-0.4, -0.2) is 11.2 Å². The second-order valence-corrected chi connectivity index (χ2v) is 5.03. The van der Waals surface area contributed by atoms with E-state index in [9.17, 15) is 5.11 Å². The fraction of sp³-hybridized carbons (Fsp3) is 0.294. The summed E-state index contributed by atoms with van der Waals surface area (Å²) in [5, 5.41) is 10.4. The highest BCUT2D eigenvalue weighted by Gasteiger charge is 2.29. The van der Waals surface area contributed by atoms with Crippen molar-refractivity contribution in [2.24, 2.45) is 0 Å². The number of aliphatic hydroxyl groups excluding tert-OH is 1. The third-order valence-corrected chi connectivity index (χ3v) is 3.96. The Morgan fingerprint density at radius 3 is 2.00 bits per heavy atom. The van der Waals surface area contributed by atoms with Gasteiger partial charge in [0, 0.05) is 5.92 Å². The molecule has 0 radical (unpaired) electrons. The minimum absolute atomic E-state index is 0.135. The van der Waals surface area contributed by atoms with E-state index in [1.165, 1.54) is 22.3 Å². The zero-order valence-corrected chi connectivity index (χ0v) is 10.6. The van der Waals surface area contributed by atoms with Gasteiger partial charge in [-0.25, -0.2) is 0 Å². The SMILES string of the molecule is CC[C@H](O)C1c2ccccc2Cc2ccccc21. The average molecular weight is 238 g/mol. The molecule has 0 saturated heterocycles. The highest BCUT2D eigenvalue weighted by atomic mass is 16.3. The lowest BCUT2D eigenvalue weighted by atomic mass is 9.75. The predicted octanol–water partition coefficient (Wildman–Crippen LogP) is 3.49. The third-order valence-electron chi connectivity index (χ3n) is 3.96. The Hall–Kier alpha value is -1.60. The van der Waals surface area contributed by atoms with Crippen molar-refractivity contribution in [3.63, 3.8) is 0 Å². The molecule has 0 aromatic heterocycles. The summed E-state index contributed by atoms with van der Waals surface area (Å²) in [6, 6.07) is 17.0. The Morgan fingerprint density at radius 1 is 1.00 bits per heavy atom. The average Bonchev–Trinajstić information content (AvgIpc) is 2.44. The molecule has 1 aliphatic carbocycles. The molecule has 0 bridgehead atoms. The monoisotopic (exact) mass is 238 g/mol. The van der Waals surface area contributed by atoms with Gasteiger partial charge in [0.15, 0.2) is 0 Å². The first-order valence-electron chi connectivity index (χ1n) is 6.65. The molecule has 0 aliphatic heterocycles. The van der Waals surface area contributed by atoms with Crippen molar-refractivity contribution in [3.05, 3.63) is 70.8 Å². The summed E-state index contributed by atoms with van der Waals surface area (Å²) in [6.07, 6.45) is 1.47. The van der Waals surface area contributed by atoms with Gasteiger partial charge in [0.05, 0.1) is 6.10 Å². The number of aliphatic hydroxyl groups is 1. The van der Waals surface area contributed by atoms with Gasteiger partial charge in [0.1, 0.15) is 0 Å². The van der Waals surface area contributed by atoms with Crippen LogP contribution >= 0.6 is 0 Å². The van der Waals surface area contributed by atoms with Gasteiger partial charge in [-0.1, -0.05) is 55.5 Å². The van der Waals surface area contributed by atoms with Crippen LogP contribution in [0.5, 0.6) is 0 Å². The molecule has 92 valence electrons. The van der Waals surface area contributed by atoms with E-state index in [0.29, 0.717) is 0 Å². The van der Waals surface area contributed by atoms with Crippen LogP contribution in [0.15, 0.2) is 48.5 Å². The van der Waals surface area contributed by atoms with E-state index in [1.54, 1.807) is 0 Å². The van der Waals surface area contributed by atoms with Crippen LogP contribution in [0.3, 0.4) is 0 Å². The number of hydrogen-bond acceptors (Lipinski definition) is 1. The first-order valence-corrected chi connectivity index (χ1v) is 6.65. The summed E-state index contributed by atoms with van der Waals surface area (Å²) in [4.78, 5) is 0. The zero-order valence-electron chi connectivity index (χ0n) is 10.6. The van der Waals surface area contributed by atoms with Gasteiger partial charge in [-0.3, -0.25) is 0 Å². The maximum absolute atomic E-state index is 10.4. The molecule has 2 aromatic rings. The lowest BCUT2D eigenvalue weighted by Gasteiger charge is -2.31. The van der Waals surface area contributed by atoms with Gasteiger partial charge >= 0.3 is 0 Å². The lowest BCUT2D eigenvalue weighted by Crippen LogP contribution is -2.24. The molecule has 2 aromatic carbocycles. The highest BCUT2D eigenvalue weighted by molar-refractivity contribution is 5.49. The van der Waals surface area contributed by atoms with Gasteiger partial charge < -0.3 is 5.11 Å². The summed E-state index contributed by atoms with van der Waals surface area (Å²) >= 11 is 0. The summed E-state index contributed by atoms with van der Waals surface area (Å²) < 4.78 is 0. The molecule has 18 heavy (non-hydrogen) atoms. The summed E-state index contributed by atoms with van der Waals surface area (Å²) in [5.74, 6) is 0.135. The molecule has 1 aliphatic rings. The van der Waals surface area contributed by atoms with Crippen molar-refractivity contribution in [3.8, 4) is 0 Å². The maximum atomic E-state index is 10.4. The standard InChI is InChI=1S/C17H18O/c1-2-16(18)17-14-9-5-3-7-12(14)11-13-8-4-6-10-15(13)17/h3-10,16-18H,2,11H2,1H3/t16-/m0/s1. The van der Waals surface area contributed by atoms with Crippen molar-refractivity contribution in [2.75, 3.05) is 0 Å². The van der Waals surface area contributed by atoms with Crippen LogP contribution in [0.25, 0.3) is 0 Å². The number of rotatable bonds is 2. The fourth-order valence-corrected chi connectivity index (χ4v) is 3.02. The van der Waals surface area contributed by atoms with Crippen LogP contribution < -0.4 is 0 Å². The molecule has 1 N–H and O–H groups in total. The van der Waals surface area contributed by atoms with Gasteiger partial charge in [-0.2, -0.15) is 0 Å². The Balaban J connectivity index is 2.17. The number of fused-ring (bicyclic) bond motifs is 2. The van der Waals surface area contributed by atoms with Crippen LogP contribution in [0.2, 0.25) is 0 Å². The lowest BCUT2D eigenvalue weighted by molar-refractivity contribution is 0.151. The molecule has 1 nitrogen and oxygen atoms in total. The molecule has 0 fully saturated rings. The topological polar surface area (TPSA) is 20.2 Å². The fourth-order valence-electron chi connectivity index (χ4n) is 3.02. The molecule has 0 spiro atoms. The molecule has 1 atom stereocenters. The molecule has 1 heteroatoms. The smallest absolute Gasteiger partial charge is 0.0646 e. The Kier molecular flexibility index (Phi) is 2.92. The van der Waals surface area contributed by atoms with Gasteiger partial charge in [-0.05, 0) is 35.1 Å². The molecule has 0 heterocycles. The van der Waals surface area contributed by atoms with E-state index < -0.39 is 0 Å². The minimum atomic E-state index is -0.299. The Labute approximate surface area is 108 Å². The molecule has 0 amide bonds. The van der Waals surface area contributed by atoms with E-state index in [1.807, 2.05) is 6.92 Å². The molecule has 0 unspecified atom stereocenters. The Morgan fingerprint density at radius 2 is 1.50 bits per heavy atom. The van der Waals surface area contributed by atoms with E-state index in [0.717, 1.165) is 12.8 Å². The highest BCUT2D eigenvalue weighted by Crippen LogP contribution is 2.39. The van der Waals surface area contributed by atoms with Crippen LogP contribution in [0.4, 0.5) is 0 Å². The summed E-state index contributed by atoms with van der Waals surface area (Å²) in [7, 11) is 0.